The minimum absolute atomic E-state index is 0.0414. The highest BCUT2D eigenvalue weighted by atomic mass is 32.2. The van der Waals surface area contributed by atoms with Gasteiger partial charge in [0.1, 0.15) is 0 Å². The topological polar surface area (TPSA) is 86.3 Å². The maximum absolute atomic E-state index is 11.6. The molecule has 0 aliphatic carbocycles. The van der Waals surface area contributed by atoms with Crippen LogP contribution in [0.25, 0.3) is 0 Å². The average molecular weight is 308 g/mol. The Morgan fingerprint density at radius 2 is 1.80 bits per heavy atom. The predicted molar refractivity (Wildman–Crippen MR) is 78.1 cm³/mol. The normalized spacial score (nSPS) is 14.1. The van der Waals surface area contributed by atoms with Gasteiger partial charge in [-0.15, -0.1) is 0 Å². The van der Waals surface area contributed by atoms with Crippen LogP contribution < -0.4 is 5.32 Å². The van der Waals surface area contributed by atoms with Crippen LogP contribution in [0, 0.1) is 5.92 Å². The zero-order valence-electron chi connectivity index (χ0n) is 13.0. The maximum Gasteiger partial charge on any atom is 0.222 e. The highest BCUT2D eigenvalue weighted by Crippen LogP contribution is 2.03. The van der Waals surface area contributed by atoms with Gasteiger partial charge in [0.05, 0.1) is 37.3 Å². The summed E-state index contributed by atoms with van der Waals surface area (Å²) in [5, 5.41) is 2.89. The van der Waals surface area contributed by atoms with Crippen LogP contribution in [0.2, 0.25) is 0 Å². The predicted octanol–water partition coefficient (Wildman–Crippen LogP) is 0.551. The van der Waals surface area contributed by atoms with E-state index >= 15 is 0 Å². The molecule has 0 aromatic heterocycles. The quantitative estimate of drug-likeness (QED) is 0.363. The van der Waals surface area contributed by atoms with Crippen LogP contribution in [0.1, 0.15) is 33.1 Å². The highest BCUT2D eigenvalue weighted by Gasteiger charge is 2.15. The molecule has 1 unspecified atom stereocenters. The molecule has 1 N–H and O–H groups in total. The number of carbonyl (C=O) groups is 1. The molecule has 6 nitrogen and oxygen atoms in total. The molecule has 0 heterocycles. The van der Waals surface area contributed by atoms with Gasteiger partial charge in [0.25, 0.3) is 0 Å². The van der Waals surface area contributed by atoms with Crippen LogP contribution in [-0.2, 0) is 14.9 Å². The van der Waals surface area contributed by atoms with Gasteiger partial charge in [-0.2, -0.15) is 0 Å². The summed E-state index contributed by atoms with van der Waals surface area (Å²) < 4.78 is 32.3. The van der Waals surface area contributed by atoms with Crippen molar-refractivity contribution in [3.05, 3.63) is 0 Å². The van der Waals surface area contributed by atoms with Crippen molar-refractivity contribution in [1.82, 2.24) is 5.32 Å². The number of quaternary nitrogens is 1. The summed E-state index contributed by atoms with van der Waals surface area (Å²) in [6, 6.07) is 0. The highest BCUT2D eigenvalue weighted by molar-refractivity contribution is 7.85. The molecule has 0 saturated carbocycles. The van der Waals surface area contributed by atoms with Crippen LogP contribution in [-0.4, -0.2) is 62.8 Å². The van der Waals surface area contributed by atoms with Crippen LogP contribution >= 0.6 is 0 Å². The van der Waals surface area contributed by atoms with Crippen molar-refractivity contribution in [2.45, 2.75) is 33.1 Å². The van der Waals surface area contributed by atoms with Crippen LogP contribution in [0.15, 0.2) is 0 Å². The molecule has 0 aromatic rings. The fraction of sp³-hybridized carbons (Fsp3) is 0.923. The van der Waals surface area contributed by atoms with E-state index in [-0.39, 0.29) is 17.6 Å². The smallest absolute Gasteiger partial charge is 0.222 e. The molecule has 0 aromatic carbocycles. The lowest BCUT2D eigenvalue weighted by Gasteiger charge is -2.30. The molecule has 7 heteroatoms. The summed E-state index contributed by atoms with van der Waals surface area (Å²) >= 11 is 0. The van der Waals surface area contributed by atoms with Crippen LogP contribution in [0.3, 0.4) is 0 Å². The van der Waals surface area contributed by atoms with Crippen molar-refractivity contribution < 1.29 is 22.2 Å². The lowest BCUT2D eigenvalue weighted by atomic mass is 10.1. The Bertz CT molecular complexity index is 393. The van der Waals surface area contributed by atoms with Gasteiger partial charge in [-0.25, -0.2) is 8.42 Å². The van der Waals surface area contributed by atoms with Gasteiger partial charge in [0.2, 0.25) is 5.91 Å². The summed E-state index contributed by atoms with van der Waals surface area (Å²) in [6.45, 7) is 5.98. The van der Waals surface area contributed by atoms with Gasteiger partial charge >= 0.3 is 0 Å². The van der Waals surface area contributed by atoms with Gasteiger partial charge in [-0.05, 0) is 6.42 Å². The Labute approximate surface area is 122 Å². The Morgan fingerprint density at radius 1 is 1.25 bits per heavy atom. The van der Waals surface area contributed by atoms with E-state index in [1.807, 2.05) is 27.9 Å². The van der Waals surface area contributed by atoms with Crippen LogP contribution in [0.4, 0.5) is 0 Å². The lowest BCUT2D eigenvalue weighted by Crippen LogP contribution is -2.43. The average Bonchev–Trinajstić information content (AvgIpc) is 2.31. The van der Waals surface area contributed by atoms with E-state index < -0.39 is 10.1 Å². The van der Waals surface area contributed by atoms with Gasteiger partial charge in [-0.3, -0.25) is 4.79 Å². The van der Waals surface area contributed by atoms with Crippen molar-refractivity contribution in [1.29, 1.82) is 0 Å². The molecule has 120 valence electrons. The third kappa shape index (κ3) is 10.2. The van der Waals surface area contributed by atoms with Crippen molar-refractivity contribution in [2.75, 3.05) is 39.5 Å². The van der Waals surface area contributed by atoms with E-state index in [1.54, 1.807) is 0 Å². The first kappa shape index (κ1) is 19.3. The van der Waals surface area contributed by atoms with Crippen molar-refractivity contribution in [3.63, 3.8) is 0 Å². The zero-order chi connectivity index (χ0) is 15.8. The number of carbonyl (C=O) groups excluding carboxylic acids is 1. The van der Waals surface area contributed by atoms with Gasteiger partial charge in [-0.1, -0.05) is 13.8 Å². The minimum atomic E-state index is -4.11. The molecule has 0 radical (unpaired) electrons. The third-order valence-corrected chi connectivity index (χ3v) is 4.25. The second-order valence-corrected chi connectivity index (χ2v) is 7.48. The van der Waals surface area contributed by atoms with Crippen molar-refractivity contribution in [2.24, 2.45) is 5.92 Å². The summed E-state index contributed by atoms with van der Waals surface area (Å²) in [7, 11) is -0.125. The molecule has 0 fully saturated rings. The molecule has 1 amide bonds. The first-order valence-corrected chi connectivity index (χ1v) is 8.68. The van der Waals surface area contributed by atoms with Gasteiger partial charge < -0.3 is 14.4 Å². The van der Waals surface area contributed by atoms with Crippen molar-refractivity contribution in [3.8, 4) is 0 Å². The first-order chi connectivity index (χ1) is 9.07. The monoisotopic (exact) mass is 308 g/mol. The summed E-state index contributed by atoms with van der Waals surface area (Å²) in [6.07, 6.45) is 2.04. The number of hydrogen-bond donors (Lipinski definition) is 1. The lowest BCUT2D eigenvalue weighted by molar-refractivity contribution is -0.890. The summed E-state index contributed by atoms with van der Waals surface area (Å²) in [5.41, 5.74) is 0. The second kappa shape index (κ2) is 8.59. The molecule has 20 heavy (non-hydrogen) atoms. The Morgan fingerprint density at radius 3 is 2.30 bits per heavy atom. The SMILES string of the molecule is CCC(C)C(=O)NCCC[N+](C)(C)CCCS(=O)(=O)[O-]. The first-order valence-electron chi connectivity index (χ1n) is 7.10. The van der Waals surface area contributed by atoms with E-state index in [0.29, 0.717) is 24.0 Å². The Kier molecular flexibility index (Phi) is 8.30. The molecule has 1 atom stereocenters. The van der Waals surface area contributed by atoms with E-state index in [2.05, 4.69) is 5.32 Å². The summed E-state index contributed by atoms with van der Waals surface area (Å²) in [5.74, 6) is -0.186. The number of nitrogens with one attached hydrogen (secondary N) is 1. The summed E-state index contributed by atoms with van der Waals surface area (Å²) in [4.78, 5) is 11.6. The number of nitrogens with zero attached hydrogens (tertiary/aromatic N) is 1. The van der Waals surface area contributed by atoms with Crippen molar-refractivity contribution >= 4 is 16.0 Å². The molecule has 0 aliphatic heterocycles. The Balaban J connectivity index is 3.85. The fourth-order valence-corrected chi connectivity index (χ4v) is 2.34. The number of rotatable bonds is 10. The standard InChI is InChI=1S/C13H28N2O4S/c1-5-12(2)13(16)14-8-6-9-15(3,4)10-7-11-20(17,18)19/h12H,5-11H2,1-4H3,(H-,14,16,17,18,19). The van der Waals surface area contributed by atoms with E-state index in [4.69, 9.17) is 0 Å². The third-order valence-electron chi connectivity index (χ3n) is 3.46. The van der Waals surface area contributed by atoms with Crippen LogP contribution in [0.5, 0.6) is 0 Å². The van der Waals surface area contributed by atoms with E-state index in [0.717, 1.165) is 19.4 Å². The zero-order valence-corrected chi connectivity index (χ0v) is 13.8. The Hall–Kier alpha value is -0.660. The number of hydrogen-bond acceptors (Lipinski definition) is 4. The molecular weight excluding hydrogens is 280 g/mol. The minimum Gasteiger partial charge on any atom is -0.748 e. The fourth-order valence-electron chi connectivity index (χ4n) is 1.86. The molecule has 0 aliphatic rings. The largest absolute Gasteiger partial charge is 0.748 e. The molecule has 0 saturated heterocycles. The van der Waals surface area contributed by atoms with Gasteiger partial charge in [0, 0.05) is 31.1 Å². The van der Waals surface area contributed by atoms with E-state index in [9.17, 15) is 17.8 Å². The maximum atomic E-state index is 11.6. The molecule has 0 spiro atoms. The molecular formula is C13H28N2O4S. The second-order valence-electron chi connectivity index (χ2n) is 5.95. The molecule has 0 rings (SSSR count). The number of amides is 1. The van der Waals surface area contributed by atoms with Gasteiger partial charge in [0.15, 0.2) is 0 Å². The van der Waals surface area contributed by atoms with E-state index in [1.165, 1.54) is 0 Å². The molecule has 0 bridgehead atoms.